The number of nitrogens with one attached hydrogen (secondary N) is 2. The highest BCUT2D eigenvalue weighted by atomic mass is 32.2. The number of rotatable bonds is 5. The van der Waals surface area contributed by atoms with E-state index in [1.54, 1.807) is 0 Å². The van der Waals surface area contributed by atoms with E-state index < -0.39 is 5.97 Å². The average Bonchev–Trinajstić information content (AvgIpc) is 2.72. The van der Waals surface area contributed by atoms with Crippen LogP contribution in [0, 0.1) is 0 Å². The standard InChI is InChI=1S/C10H16N2O3S/c13-8(14)4-2-1-3-7-9-6(5-16-7)11-10(15)12-9/h6-7,9H,1-5H2,(H,13,14)(H2,11,12,15)/p-1/t6-,7+,9-/m0/s1. The fourth-order valence-electron chi connectivity index (χ4n) is 2.26. The first-order chi connectivity index (χ1) is 7.66. The van der Waals surface area contributed by atoms with Gasteiger partial charge in [-0.1, -0.05) is 6.42 Å². The van der Waals surface area contributed by atoms with Crippen molar-refractivity contribution >= 4 is 23.8 Å². The molecule has 2 aliphatic rings. The lowest BCUT2D eigenvalue weighted by atomic mass is 10.0. The fraction of sp³-hybridized carbons (Fsp3) is 0.800. The summed E-state index contributed by atoms with van der Waals surface area (Å²) in [5, 5.41) is 16.5. The summed E-state index contributed by atoms with van der Waals surface area (Å²) in [6.45, 7) is 0. The molecule has 2 amide bonds. The molecule has 0 saturated carbocycles. The average molecular weight is 243 g/mol. The summed E-state index contributed by atoms with van der Waals surface area (Å²) in [6, 6.07) is 0.402. The molecule has 5 nitrogen and oxygen atoms in total. The zero-order valence-electron chi connectivity index (χ0n) is 8.90. The first kappa shape index (κ1) is 11.6. The molecule has 90 valence electrons. The third-order valence-corrected chi connectivity index (χ3v) is 4.57. The molecule has 0 aromatic carbocycles. The van der Waals surface area contributed by atoms with Crippen LogP contribution in [0.2, 0.25) is 0 Å². The predicted octanol–water partition coefficient (Wildman–Crippen LogP) is -0.538. The van der Waals surface area contributed by atoms with Gasteiger partial charge in [-0.05, 0) is 19.3 Å². The summed E-state index contributed by atoms with van der Waals surface area (Å²) in [7, 11) is 0. The van der Waals surface area contributed by atoms with Crippen LogP contribution in [-0.2, 0) is 4.79 Å². The normalized spacial score (nSPS) is 32.0. The van der Waals surface area contributed by atoms with Gasteiger partial charge in [-0.2, -0.15) is 11.8 Å². The zero-order chi connectivity index (χ0) is 11.5. The number of fused-ring (bicyclic) bond motifs is 1. The van der Waals surface area contributed by atoms with Gasteiger partial charge in [0.1, 0.15) is 0 Å². The number of carboxylic acids is 1. The largest absolute Gasteiger partial charge is 0.550 e. The van der Waals surface area contributed by atoms with Crippen LogP contribution in [0.15, 0.2) is 0 Å². The van der Waals surface area contributed by atoms with Gasteiger partial charge < -0.3 is 20.5 Å². The van der Waals surface area contributed by atoms with Crippen molar-refractivity contribution in [1.29, 1.82) is 0 Å². The number of hydrogen-bond donors (Lipinski definition) is 2. The first-order valence-corrected chi connectivity index (χ1v) is 6.60. The number of unbranched alkanes of at least 4 members (excludes halogenated alkanes) is 1. The molecule has 0 radical (unpaired) electrons. The Morgan fingerprint density at radius 1 is 1.44 bits per heavy atom. The molecule has 16 heavy (non-hydrogen) atoms. The summed E-state index contributed by atoms with van der Waals surface area (Å²) in [5.41, 5.74) is 0. The van der Waals surface area contributed by atoms with E-state index in [4.69, 9.17) is 0 Å². The lowest BCUT2D eigenvalue weighted by molar-refractivity contribution is -0.305. The van der Waals surface area contributed by atoms with Crippen LogP contribution in [0.25, 0.3) is 0 Å². The molecule has 2 heterocycles. The van der Waals surface area contributed by atoms with Gasteiger partial charge >= 0.3 is 6.03 Å². The third kappa shape index (κ3) is 2.61. The molecular weight excluding hydrogens is 228 g/mol. The number of carbonyl (C=O) groups is 2. The van der Waals surface area contributed by atoms with Crippen molar-refractivity contribution in [2.45, 2.75) is 43.0 Å². The highest BCUT2D eigenvalue weighted by Crippen LogP contribution is 2.33. The van der Waals surface area contributed by atoms with Crippen LogP contribution in [0.1, 0.15) is 25.7 Å². The minimum atomic E-state index is -0.979. The van der Waals surface area contributed by atoms with Crippen LogP contribution in [0.5, 0.6) is 0 Å². The summed E-state index contributed by atoms with van der Waals surface area (Å²) < 4.78 is 0. The Hall–Kier alpha value is -0.910. The van der Waals surface area contributed by atoms with Crippen molar-refractivity contribution in [2.75, 3.05) is 5.75 Å². The lowest BCUT2D eigenvalue weighted by Crippen LogP contribution is -2.36. The molecule has 6 heteroatoms. The SMILES string of the molecule is O=C([O-])CCCC[C@H]1SC[C@@H]2NC(=O)N[C@@H]21. The van der Waals surface area contributed by atoms with Crippen LogP contribution in [-0.4, -0.2) is 35.1 Å². The first-order valence-electron chi connectivity index (χ1n) is 5.55. The molecule has 2 fully saturated rings. The number of carbonyl (C=O) groups excluding carboxylic acids is 2. The van der Waals surface area contributed by atoms with Crippen LogP contribution >= 0.6 is 11.8 Å². The van der Waals surface area contributed by atoms with Crippen LogP contribution in [0.3, 0.4) is 0 Å². The van der Waals surface area contributed by atoms with E-state index in [9.17, 15) is 14.7 Å². The fourth-order valence-corrected chi connectivity index (χ4v) is 3.80. The Morgan fingerprint density at radius 2 is 2.25 bits per heavy atom. The van der Waals surface area contributed by atoms with Crippen molar-refractivity contribution in [3.05, 3.63) is 0 Å². The van der Waals surface area contributed by atoms with Crippen LogP contribution < -0.4 is 15.7 Å². The molecule has 0 spiro atoms. The Morgan fingerprint density at radius 3 is 3.00 bits per heavy atom. The smallest absolute Gasteiger partial charge is 0.315 e. The maximum atomic E-state index is 11.1. The van der Waals surface area contributed by atoms with Crippen molar-refractivity contribution in [3.63, 3.8) is 0 Å². The molecule has 2 N–H and O–H groups in total. The van der Waals surface area contributed by atoms with E-state index in [-0.39, 0.29) is 24.5 Å². The molecular formula is C10H15N2O3S-. The maximum Gasteiger partial charge on any atom is 0.315 e. The van der Waals surface area contributed by atoms with Gasteiger partial charge in [0.25, 0.3) is 0 Å². The molecule has 2 aliphatic heterocycles. The highest BCUT2D eigenvalue weighted by molar-refractivity contribution is 8.00. The quantitative estimate of drug-likeness (QED) is 0.502. The highest BCUT2D eigenvalue weighted by Gasteiger charge is 2.42. The van der Waals surface area contributed by atoms with Gasteiger partial charge in [0, 0.05) is 17.0 Å². The molecule has 0 unspecified atom stereocenters. The minimum absolute atomic E-state index is 0.0740. The van der Waals surface area contributed by atoms with E-state index in [1.165, 1.54) is 0 Å². The van der Waals surface area contributed by atoms with E-state index in [1.807, 2.05) is 11.8 Å². The van der Waals surface area contributed by atoms with Gasteiger partial charge in [-0.3, -0.25) is 0 Å². The number of thioether (sulfide) groups is 1. The summed E-state index contributed by atoms with van der Waals surface area (Å²) >= 11 is 1.85. The van der Waals surface area contributed by atoms with Gasteiger partial charge in [0.05, 0.1) is 12.1 Å². The molecule has 0 aromatic heterocycles. The number of hydrogen-bond acceptors (Lipinski definition) is 4. The lowest BCUT2D eigenvalue weighted by Gasteiger charge is -2.16. The number of carboxylic acid groups (broad SMARTS) is 1. The topological polar surface area (TPSA) is 81.3 Å². The van der Waals surface area contributed by atoms with Gasteiger partial charge in [0.15, 0.2) is 0 Å². The number of aliphatic carboxylic acids is 1. The van der Waals surface area contributed by atoms with Crippen LogP contribution in [0.4, 0.5) is 4.79 Å². The van der Waals surface area contributed by atoms with Crippen molar-refractivity contribution in [1.82, 2.24) is 10.6 Å². The monoisotopic (exact) mass is 243 g/mol. The summed E-state index contributed by atoms with van der Waals surface area (Å²) in [4.78, 5) is 21.3. The Balaban J connectivity index is 1.70. The van der Waals surface area contributed by atoms with Gasteiger partial charge in [0.2, 0.25) is 0 Å². The molecule has 2 saturated heterocycles. The molecule has 3 atom stereocenters. The van der Waals surface area contributed by atoms with Gasteiger partial charge in [-0.25, -0.2) is 4.79 Å². The minimum Gasteiger partial charge on any atom is -0.550 e. The molecule has 0 bridgehead atoms. The molecule has 2 rings (SSSR count). The Bertz CT molecular complexity index is 298. The second-order valence-corrected chi connectivity index (χ2v) is 5.51. The number of amides is 2. The molecule has 0 aromatic rings. The predicted molar refractivity (Wildman–Crippen MR) is 59.0 cm³/mol. The van der Waals surface area contributed by atoms with E-state index in [0.717, 1.165) is 18.6 Å². The second kappa shape index (κ2) is 4.95. The van der Waals surface area contributed by atoms with Crippen molar-refractivity contribution in [2.24, 2.45) is 0 Å². The maximum absolute atomic E-state index is 11.1. The van der Waals surface area contributed by atoms with Gasteiger partial charge in [-0.15, -0.1) is 0 Å². The third-order valence-electron chi connectivity index (χ3n) is 3.06. The second-order valence-electron chi connectivity index (χ2n) is 4.24. The molecule has 0 aliphatic carbocycles. The zero-order valence-corrected chi connectivity index (χ0v) is 9.72. The number of urea groups is 1. The Labute approximate surface area is 98.4 Å². The van der Waals surface area contributed by atoms with Crippen molar-refractivity contribution in [3.8, 4) is 0 Å². The summed E-state index contributed by atoms with van der Waals surface area (Å²) in [5.74, 6) is -0.0260. The van der Waals surface area contributed by atoms with E-state index in [2.05, 4.69) is 10.6 Å². The van der Waals surface area contributed by atoms with Crippen molar-refractivity contribution < 1.29 is 14.7 Å². The Kier molecular flexibility index (Phi) is 3.58. The van der Waals surface area contributed by atoms with E-state index in [0.29, 0.717) is 11.7 Å². The van der Waals surface area contributed by atoms with E-state index >= 15 is 0 Å². The summed E-state index contributed by atoms with van der Waals surface area (Å²) in [6.07, 6.45) is 2.64.